The molecule has 5 nitrogen and oxygen atoms in total. The van der Waals surface area contributed by atoms with E-state index in [0.29, 0.717) is 29.3 Å². The van der Waals surface area contributed by atoms with Gasteiger partial charge in [-0.3, -0.25) is 0 Å². The molecule has 7 heteroatoms. The zero-order valence-electron chi connectivity index (χ0n) is 17.4. The fourth-order valence-electron chi connectivity index (χ4n) is 4.64. The number of methoxy groups -OCH3 is 1. The fraction of sp³-hybridized carbons (Fsp3) is 0.571. The first kappa shape index (κ1) is 19.8. The van der Waals surface area contributed by atoms with Gasteiger partial charge in [0.15, 0.2) is 5.13 Å². The quantitative estimate of drug-likeness (QED) is 0.746. The Kier molecular flexibility index (Phi) is 4.80. The minimum absolute atomic E-state index is 0.0881. The van der Waals surface area contributed by atoms with Crippen molar-refractivity contribution in [2.75, 3.05) is 19.1 Å². The lowest BCUT2D eigenvalue weighted by atomic mass is 9.79. The van der Waals surface area contributed by atoms with Gasteiger partial charge in [0.05, 0.1) is 12.1 Å². The number of halogens is 1. The molecular weight excluding hydrogens is 394 g/mol. The van der Waals surface area contributed by atoms with E-state index in [2.05, 4.69) is 45.0 Å². The molecule has 0 unspecified atom stereocenters. The molecule has 1 saturated heterocycles. The highest BCUT2D eigenvalue weighted by atomic mass is 35.5. The third-order valence-electron chi connectivity index (χ3n) is 5.59. The van der Waals surface area contributed by atoms with Crippen LogP contribution in [0.4, 0.5) is 5.13 Å². The van der Waals surface area contributed by atoms with Crippen molar-refractivity contribution in [3.63, 3.8) is 0 Å². The van der Waals surface area contributed by atoms with Gasteiger partial charge in [0.2, 0.25) is 5.88 Å². The van der Waals surface area contributed by atoms with Gasteiger partial charge in [0, 0.05) is 29.7 Å². The second-order valence-corrected chi connectivity index (χ2v) is 10.5. The van der Waals surface area contributed by atoms with Crippen LogP contribution in [0.5, 0.6) is 11.6 Å². The summed E-state index contributed by atoms with van der Waals surface area (Å²) in [5, 5.41) is 5.35. The molecule has 1 aromatic carbocycles. The van der Waals surface area contributed by atoms with Gasteiger partial charge in [-0.2, -0.15) is 4.98 Å². The van der Waals surface area contributed by atoms with Crippen molar-refractivity contribution in [2.24, 2.45) is 0 Å². The molecule has 4 rings (SSSR count). The van der Waals surface area contributed by atoms with E-state index in [1.54, 1.807) is 18.4 Å². The van der Waals surface area contributed by atoms with Gasteiger partial charge in [0.1, 0.15) is 17.2 Å². The molecule has 28 heavy (non-hydrogen) atoms. The first-order valence-electron chi connectivity index (χ1n) is 9.61. The van der Waals surface area contributed by atoms with Crippen LogP contribution in [0.2, 0.25) is 5.02 Å². The van der Waals surface area contributed by atoms with Crippen LogP contribution in [-0.4, -0.2) is 36.3 Å². The Morgan fingerprint density at radius 1 is 1.25 bits per heavy atom. The van der Waals surface area contributed by atoms with E-state index in [0.717, 1.165) is 34.0 Å². The van der Waals surface area contributed by atoms with Crippen molar-refractivity contribution >= 4 is 28.1 Å². The molecule has 2 aliphatic rings. The van der Waals surface area contributed by atoms with E-state index in [1.165, 1.54) is 0 Å². The fourth-order valence-corrected chi connectivity index (χ4v) is 6.00. The normalized spacial score (nSPS) is 20.1. The summed E-state index contributed by atoms with van der Waals surface area (Å²) in [6.07, 6.45) is 2.14. The number of nitrogens with zero attached hydrogens (tertiary/aromatic N) is 2. The van der Waals surface area contributed by atoms with Gasteiger partial charge in [-0.15, -0.1) is 0 Å². The third kappa shape index (κ3) is 3.58. The molecule has 2 aromatic rings. The van der Waals surface area contributed by atoms with Crippen LogP contribution >= 0.6 is 22.9 Å². The van der Waals surface area contributed by atoms with E-state index >= 15 is 0 Å². The molecule has 0 amide bonds. The molecular formula is C21H28ClN3O2S. The minimum atomic E-state index is 0.0881. The van der Waals surface area contributed by atoms with Crippen molar-refractivity contribution in [2.45, 2.75) is 64.3 Å². The molecule has 152 valence electrons. The van der Waals surface area contributed by atoms with Crippen molar-refractivity contribution in [3.8, 4) is 22.1 Å². The molecule has 3 heterocycles. The summed E-state index contributed by atoms with van der Waals surface area (Å²) in [7, 11) is 3.79. The maximum Gasteiger partial charge on any atom is 0.234 e. The molecule has 0 bridgehead atoms. The summed E-state index contributed by atoms with van der Waals surface area (Å²) in [5.41, 5.74) is 2.35. The maximum absolute atomic E-state index is 6.29. The summed E-state index contributed by atoms with van der Waals surface area (Å²) in [6.45, 7) is 9.58. The molecule has 0 spiro atoms. The number of aromatic nitrogens is 1. The zero-order valence-corrected chi connectivity index (χ0v) is 18.9. The van der Waals surface area contributed by atoms with E-state index in [-0.39, 0.29) is 11.1 Å². The standard InChI is InChI=1S/C21H28ClN3O2S/c1-20(2)9-13(10-21(3,4)24-20)25(5)19-23-18-17(28-19)14-8-16(26-6)15(22)7-12(14)11-27-18/h7-8,13,24H,9-11H2,1-6H3. The smallest absolute Gasteiger partial charge is 0.234 e. The SMILES string of the molecule is COc1cc2c(cc1Cl)COc1nc(N(C)C3CC(C)(C)NC(C)(C)C3)sc1-2. The monoisotopic (exact) mass is 421 g/mol. The highest BCUT2D eigenvalue weighted by Crippen LogP contribution is 2.47. The van der Waals surface area contributed by atoms with Crippen LogP contribution in [0, 0.1) is 0 Å². The summed E-state index contributed by atoms with van der Waals surface area (Å²) in [4.78, 5) is 8.20. The summed E-state index contributed by atoms with van der Waals surface area (Å²) >= 11 is 7.97. The molecule has 1 aromatic heterocycles. The van der Waals surface area contributed by atoms with Gasteiger partial charge >= 0.3 is 0 Å². The molecule has 1 N–H and O–H groups in total. The predicted octanol–water partition coefficient (Wildman–Crippen LogP) is 5.11. The van der Waals surface area contributed by atoms with Gasteiger partial charge < -0.3 is 19.7 Å². The van der Waals surface area contributed by atoms with Crippen LogP contribution in [0.25, 0.3) is 10.4 Å². The highest BCUT2D eigenvalue weighted by molar-refractivity contribution is 7.19. The van der Waals surface area contributed by atoms with Crippen LogP contribution < -0.4 is 19.7 Å². The van der Waals surface area contributed by atoms with E-state index in [9.17, 15) is 0 Å². The average molecular weight is 422 g/mol. The van der Waals surface area contributed by atoms with E-state index in [1.807, 2.05) is 12.1 Å². The van der Waals surface area contributed by atoms with Crippen molar-refractivity contribution < 1.29 is 9.47 Å². The van der Waals surface area contributed by atoms with E-state index in [4.69, 9.17) is 26.1 Å². The Morgan fingerprint density at radius 3 is 2.57 bits per heavy atom. The first-order chi connectivity index (χ1) is 13.1. The van der Waals surface area contributed by atoms with Gasteiger partial charge in [0.25, 0.3) is 0 Å². The number of piperidine rings is 1. The Labute approximate surface area is 176 Å². The van der Waals surface area contributed by atoms with Gasteiger partial charge in [-0.05, 0) is 58.2 Å². The Morgan fingerprint density at radius 2 is 1.93 bits per heavy atom. The maximum atomic E-state index is 6.29. The van der Waals surface area contributed by atoms with E-state index < -0.39 is 0 Å². The number of ether oxygens (including phenoxy) is 2. The molecule has 1 fully saturated rings. The van der Waals surface area contributed by atoms with Crippen molar-refractivity contribution in [1.82, 2.24) is 10.3 Å². The van der Waals surface area contributed by atoms with Crippen LogP contribution in [0.1, 0.15) is 46.1 Å². The number of hydrogen-bond donors (Lipinski definition) is 1. The molecule has 0 saturated carbocycles. The molecule has 2 aliphatic heterocycles. The summed E-state index contributed by atoms with van der Waals surface area (Å²) in [6, 6.07) is 4.34. The Hall–Kier alpha value is -1.50. The first-order valence-corrected chi connectivity index (χ1v) is 10.8. The minimum Gasteiger partial charge on any atom is -0.495 e. The number of anilines is 1. The topological polar surface area (TPSA) is 46.6 Å². The number of benzene rings is 1. The second-order valence-electron chi connectivity index (χ2n) is 9.13. The van der Waals surface area contributed by atoms with Crippen LogP contribution in [0.3, 0.4) is 0 Å². The summed E-state index contributed by atoms with van der Waals surface area (Å²) in [5.74, 6) is 1.38. The number of thiazole rings is 1. The lowest BCUT2D eigenvalue weighted by Gasteiger charge is -2.48. The van der Waals surface area contributed by atoms with Crippen molar-refractivity contribution in [1.29, 1.82) is 0 Å². The predicted molar refractivity (Wildman–Crippen MR) is 116 cm³/mol. The second kappa shape index (κ2) is 6.78. The number of rotatable bonds is 3. The largest absolute Gasteiger partial charge is 0.495 e. The third-order valence-corrected chi connectivity index (χ3v) is 7.05. The zero-order chi connectivity index (χ0) is 20.3. The lowest BCUT2D eigenvalue weighted by molar-refractivity contribution is 0.161. The lowest BCUT2D eigenvalue weighted by Crippen LogP contribution is -2.61. The Balaban J connectivity index is 1.67. The highest BCUT2D eigenvalue weighted by Gasteiger charge is 2.40. The average Bonchev–Trinajstić information content (AvgIpc) is 3.02. The number of nitrogens with one attached hydrogen (secondary N) is 1. The molecule has 0 radical (unpaired) electrons. The number of fused-ring (bicyclic) bond motifs is 3. The van der Waals surface area contributed by atoms with Crippen LogP contribution in [0.15, 0.2) is 12.1 Å². The molecule has 0 aliphatic carbocycles. The van der Waals surface area contributed by atoms with Crippen LogP contribution in [-0.2, 0) is 6.61 Å². The summed E-state index contributed by atoms with van der Waals surface area (Å²) < 4.78 is 11.4. The van der Waals surface area contributed by atoms with Crippen molar-refractivity contribution in [3.05, 3.63) is 22.7 Å². The molecule has 0 atom stereocenters. The van der Waals surface area contributed by atoms with Gasteiger partial charge in [-0.1, -0.05) is 22.9 Å². The number of hydrogen-bond acceptors (Lipinski definition) is 6. The van der Waals surface area contributed by atoms with Gasteiger partial charge in [-0.25, -0.2) is 0 Å². The Bertz CT molecular complexity index is 893.